The van der Waals surface area contributed by atoms with Crippen molar-refractivity contribution >= 4 is 44.9 Å². The number of amides is 2. The molecule has 0 unspecified atom stereocenters. The first kappa shape index (κ1) is 24.0. The number of anilines is 2. The second-order valence-electron chi connectivity index (χ2n) is 8.27. The molecule has 0 aromatic heterocycles. The van der Waals surface area contributed by atoms with E-state index < -0.39 is 29.5 Å². The summed E-state index contributed by atoms with van der Waals surface area (Å²) in [7, 11) is 4.52. The Morgan fingerprint density at radius 2 is 1.35 bits per heavy atom. The molecule has 0 bridgehead atoms. The van der Waals surface area contributed by atoms with Crippen molar-refractivity contribution < 1.29 is 28.6 Å². The third-order valence-electron chi connectivity index (χ3n) is 6.60. The SMILES string of the molecule is C=C(Br)[C@@]1(C)C(=O)[C@H]([C@H]2[C@@H](OC)C(=O)N2c2ccc(OC)cc2)N(c2ccc(OC)cc2)C1=O. The number of carbonyl (C=O) groups is 3. The Morgan fingerprint density at radius 1 is 0.882 bits per heavy atom. The van der Waals surface area contributed by atoms with E-state index in [0.717, 1.165) is 0 Å². The Bertz CT molecular complexity index is 1150. The average Bonchev–Trinajstić information content (AvgIpc) is 3.04. The highest BCUT2D eigenvalue weighted by Crippen LogP contribution is 2.47. The summed E-state index contributed by atoms with van der Waals surface area (Å²) in [6, 6.07) is 12.0. The fraction of sp³-hybridized carbons (Fsp3) is 0.320. The molecule has 0 spiro atoms. The standard InChI is InChI=1S/C25H25BrN2O6/c1-14(26)25(2)22(29)20(28(24(25)31)16-8-12-18(33-4)13-9-16)19-21(34-5)23(30)27(19)15-6-10-17(32-3)11-7-15/h6-13,19-21H,1H2,2-5H3/t19-,20-,21+,25-/m0/s1. The molecular formula is C25H25BrN2O6. The summed E-state index contributed by atoms with van der Waals surface area (Å²) < 4.78 is 16.2. The molecule has 2 aliphatic heterocycles. The van der Waals surface area contributed by atoms with Crippen molar-refractivity contribution in [1.82, 2.24) is 0 Å². The lowest BCUT2D eigenvalue weighted by Crippen LogP contribution is -2.73. The number of ether oxygens (including phenoxy) is 3. The van der Waals surface area contributed by atoms with Crippen LogP contribution in [0.1, 0.15) is 6.92 Å². The molecule has 4 rings (SSSR count). The molecule has 0 saturated carbocycles. The van der Waals surface area contributed by atoms with Crippen LogP contribution in [-0.2, 0) is 19.1 Å². The number of hydrogen-bond donors (Lipinski definition) is 0. The summed E-state index contributed by atoms with van der Waals surface area (Å²) in [5.74, 6) is 0.150. The minimum Gasteiger partial charge on any atom is -0.497 e. The number of Topliss-reactive ketones (excluding diaryl/α,β-unsaturated/α-hetero) is 1. The van der Waals surface area contributed by atoms with Crippen LogP contribution in [-0.4, -0.2) is 57.1 Å². The molecule has 2 saturated heterocycles. The van der Waals surface area contributed by atoms with E-state index in [4.69, 9.17) is 14.2 Å². The molecule has 0 aliphatic carbocycles. The van der Waals surface area contributed by atoms with Gasteiger partial charge in [0.1, 0.15) is 29.0 Å². The topological polar surface area (TPSA) is 85.4 Å². The number of methoxy groups -OCH3 is 3. The van der Waals surface area contributed by atoms with Gasteiger partial charge in [0.05, 0.1) is 14.2 Å². The van der Waals surface area contributed by atoms with Gasteiger partial charge in [-0.25, -0.2) is 0 Å². The van der Waals surface area contributed by atoms with Gasteiger partial charge in [-0.1, -0.05) is 22.5 Å². The van der Waals surface area contributed by atoms with E-state index >= 15 is 0 Å². The highest BCUT2D eigenvalue weighted by atomic mass is 79.9. The number of ketones is 1. The maximum absolute atomic E-state index is 13.9. The minimum absolute atomic E-state index is 0.256. The zero-order valence-corrected chi connectivity index (χ0v) is 20.9. The van der Waals surface area contributed by atoms with Gasteiger partial charge in [-0.05, 0) is 55.5 Å². The second kappa shape index (κ2) is 8.88. The van der Waals surface area contributed by atoms with Crippen LogP contribution in [0, 0.1) is 5.41 Å². The molecule has 2 amide bonds. The van der Waals surface area contributed by atoms with Crippen LogP contribution in [0.4, 0.5) is 11.4 Å². The molecule has 2 aromatic carbocycles. The highest BCUT2D eigenvalue weighted by Gasteiger charge is 2.66. The van der Waals surface area contributed by atoms with Gasteiger partial charge >= 0.3 is 0 Å². The Hall–Kier alpha value is -3.17. The van der Waals surface area contributed by atoms with Gasteiger partial charge in [0.15, 0.2) is 11.9 Å². The summed E-state index contributed by atoms with van der Waals surface area (Å²) in [5.41, 5.74) is -0.427. The van der Waals surface area contributed by atoms with E-state index in [1.165, 1.54) is 16.9 Å². The Labute approximate surface area is 206 Å². The number of carbonyl (C=O) groups excluding carboxylic acids is 3. The molecule has 0 N–H and O–H groups in total. The fourth-order valence-electron chi connectivity index (χ4n) is 4.54. The van der Waals surface area contributed by atoms with E-state index in [1.54, 1.807) is 69.7 Å². The molecule has 0 radical (unpaired) electrons. The van der Waals surface area contributed by atoms with E-state index in [-0.39, 0.29) is 16.2 Å². The monoisotopic (exact) mass is 528 g/mol. The normalized spacial score (nSPS) is 26.5. The highest BCUT2D eigenvalue weighted by molar-refractivity contribution is 9.11. The third-order valence-corrected chi connectivity index (χ3v) is 7.39. The van der Waals surface area contributed by atoms with Crippen molar-refractivity contribution in [1.29, 1.82) is 0 Å². The van der Waals surface area contributed by atoms with Crippen LogP contribution in [0.25, 0.3) is 0 Å². The van der Waals surface area contributed by atoms with Crippen molar-refractivity contribution in [3.8, 4) is 11.5 Å². The van der Waals surface area contributed by atoms with Crippen LogP contribution < -0.4 is 19.3 Å². The predicted molar refractivity (Wildman–Crippen MR) is 131 cm³/mol. The summed E-state index contributed by atoms with van der Waals surface area (Å²) in [5, 5.41) is 0. The van der Waals surface area contributed by atoms with Crippen LogP contribution >= 0.6 is 15.9 Å². The maximum atomic E-state index is 13.9. The van der Waals surface area contributed by atoms with Gasteiger partial charge in [0.25, 0.3) is 5.91 Å². The lowest BCUT2D eigenvalue weighted by molar-refractivity contribution is -0.141. The first-order chi connectivity index (χ1) is 16.2. The molecule has 34 heavy (non-hydrogen) atoms. The van der Waals surface area contributed by atoms with Gasteiger partial charge in [-0.3, -0.25) is 19.3 Å². The summed E-state index contributed by atoms with van der Waals surface area (Å²) in [6.45, 7) is 5.40. The fourth-order valence-corrected chi connectivity index (χ4v) is 4.90. The van der Waals surface area contributed by atoms with E-state index in [9.17, 15) is 14.4 Å². The summed E-state index contributed by atoms with van der Waals surface area (Å²) in [6.07, 6.45) is -0.893. The molecule has 2 heterocycles. The molecule has 9 heteroatoms. The lowest BCUT2D eigenvalue weighted by atomic mass is 9.80. The Balaban J connectivity index is 1.83. The number of halogens is 1. The van der Waals surface area contributed by atoms with Gasteiger partial charge in [-0.2, -0.15) is 0 Å². The van der Waals surface area contributed by atoms with Gasteiger partial charge in [0.2, 0.25) is 5.91 Å². The average molecular weight is 529 g/mol. The molecule has 178 valence electrons. The van der Waals surface area contributed by atoms with Crippen LogP contribution in [0.3, 0.4) is 0 Å². The Morgan fingerprint density at radius 3 is 1.76 bits per heavy atom. The minimum atomic E-state index is -1.51. The predicted octanol–water partition coefficient (Wildman–Crippen LogP) is 3.33. The van der Waals surface area contributed by atoms with Gasteiger partial charge in [0, 0.05) is 23.0 Å². The van der Waals surface area contributed by atoms with Gasteiger partial charge in [-0.15, -0.1) is 0 Å². The Kier molecular flexibility index (Phi) is 6.26. The molecule has 8 nitrogen and oxygen atoms in total. The first-order valence-electron chi connectivity index (χ1n) is 10.6. The number of rotatable bonds is 7. The quantitative estimate of drug-likeness (QED) is 0.404. The first-order valence-corrected chi connectivity index (χ1v) is 11.4. The molecule has 4 atom stereocenters. The van der Waals surface area contributed by atoms with Crippen LogP contribution in [0.15, 0.2) is 59.6 Å². The van der Waals surface area contributed by atoms with Crippen molar-refractivity contribution in [2.75, 3.05) is 31.1 Å². The van der Waals surface area contributed by atoms with Crippen LogP contribution in [0.5, 0.6) is 11.5 Å². The largest absolute Gasteiger partial charge is 0.497 e. The second-order valence-corrected chi connectivity index (χ2v) is 9.22. The lowest BCUT2D eigenvalue weighted by Gasteiger charge is -2.49. The number of β-lactam (4-membered cyclic amide) rings is 1. The zero-order chi connectivity index (χ0) is 24.8. The van der Waals surface area contributed by atoms with E-state index in [0.29, 0.717) is 22.9 Å². The van der Waals surface area contributed by atoms with Crippen molar-refractivity contribution in [2.24, 2.45) is 5.41 Å². The molecule has 2 fully saturated rings. The summed E-state index contributed by atoms with van der Waals surface area (Å²) in [4.78, 5) is 43.6. The van der Waals surface area contributed by atoms with Crippen molar-refractivity contribution in [3.63, 3.8) is 0 Å². The van der Waals surface area contributed by atoms with E-state index in [2.05, 4.69) is 22.5 Å². The number of benzene rings is 2. The zero-order valence-electron chi connectivity index (χ0n) is 19.3. The molecule has 2 aromatic rings. The molecular weight excluding hydrogens is 504 g/mol. The summed E-state index contributed by atoms with van der Waals surface area (Å²) >= 11 is 3.29. The number of nitrogens with zero attached hydrogens (tertiary/aromatic N) is 2. The van der Waals surface area contributed by atoms with Gasteiger partial charge < -0.3 is 19.1 Å². The third kappa shape index (κ3) is 3.42. The smallest absolute Gasteiger partial charge is 0.258 e. The van der Waals surface area contributed by atoms with E-state index in [1.807, 2.05) is 0 Å². The van der Waals surface area contributed by atoms with Crippen molar-refractivity contribution in [2.45, 2.75) is 25.1 Å². The molecule has 2 aliphatic rings. The maximum Gasteiger partial charge on any atom is 0.258 e. The van der Waals surface area contributed by atoms with Crippen molar-refractivity contribution in [3.05, 3.63) is 59.6 Å². The van der Waals surface area contributed by atoms with Crippen LogP contribution in [0.2, 0.25) is 0 Å². The number of hydrogen-bond acceptors (Lipinski definition) is 6.